The lowest BCUT2D eigenvalue weighted by Gasteiger charge is -2.24. The number of fused-ring (bicyclic) bond motifs is 1. The molecule has 106 valence electrons. The zero-order valence-corrected chi connectivity index (χ0v) is 12.6. The van der Waals surface area contributed by atoms with E-state index in [4.69, 9.17) is 4.98 Å². The fraction of sp³-hybridized carbons (Fsp3) is 0.353. The predicted molar refractivity (Wildman–Crippen MR) is 87.2 cm³/mol. The molecule has 2 rings (SSSR count). The van der Waals surface area contributed by atoms with E-state index in [1.54, 1.807) is 0 Å². The zero-order chi connectivity index (χ0) is 14.5. The number of hydrogen-bond acceptors (Lipinski definition) is 3. The molecule has 2 aromatic rings. The molecule has 0 spiro atoms. The van der Waals surface area contributed by atoms with Gasteiger partial charge in [0.05, 0.1) is 5.69 Å². The third kappa shape index (κ3) is 3.17. The molecule has 1 N–H and O–H groups in total. The zero-order valence-electron chi connectivity index (χ0n) is 12.6. The van der Waals surface area contributed by atoms with Crippen molar-refractivity contribution in [2.45, 2.75) is 20.4 Å². The fourth-order valence-electron chi connectivity index (χ4n) is 2.41. The highest BCUT2D eigenvalue weighted by Crippen LogP contribution is 2.26. The first kappa shape index (κ1) is 14.5. The average Bonchev–Trinajstić information content (AvgIpc) is 2.44. The Bertz CT molecular complexity index is 604. The smallest absolute Gasteiger partial charge is 0.137 e. The van der Waals surface area contributed by atoms with Crippen LogP contribution in [0.1, 0.15) is 19.5 Å². The van der Waals surface area contributed by atoms with Crippen LogP contribution < -0.4 is 10.2 Å². The first-order valence-corrected chi connectivity index (χ1v) is 7.08. The predicted octanol–water partition coefficient (Wildman–Crippen LogP) is 3.36. The van der Waals surface area contributed by atoms with E-state index in [2.05, 4.69) is 61.0 Å². The summed E-state index contributed by atoms with van der Waals surface area (Å²) in [5.41, 5.74) is 2.22. The quantitative estimate of drug-likeness (QED) is 0.815. The van der Waals surface area contributed by atoms with Gasteiger partial charge in [-0.2, -0.15) is 0 Å². The Morgan fingerprint density at radius 3 is 2.75 bits per heavy atom. The molecule has 0 aliphatic heterocycles. The summed E-state index contributed by atoms with van der Waals surface area (Å²) >= 11 is 0. The van der Waals surface area contributed by atoms with Gasteiger partial charge in [0.2, 0.25) is 0 Å². The van der Waals surface area contributed by atoms with Gasteiger partial charge in [-0.3, -0.25) is 0 Å². The molecule has 0 atom stereocenters. The van der Waals surface area contributed by atoms with Crippen molar-refractivity contribution in [3.8, 4) is 0 Å². The van der Waals surface area contributed by atoms with Gasteiger partial charge < -0.3 is 10.2 Å². The van der Waals surface area contributed by atoms with Crippen LogP contribution in [-0.4, -0.2) is 25.1 Å². The Kier molecular flexibility index (Phi) is 4.74. The molecule has 1 aromatic heterocycles. The van der Waals surface area contributed by atoms with Crippen molar-refractivity contribution in [3.63, 3.8) is 0 Å². The lowest BCUT2D eigenvalue weighted by molar-refractivity contribution is 0.783. The maximum absolute atomic E-state index is 4.84. The van der Waals surface area contributed by atoms with Gasteiger partial charge in [-0.15, -0.1) is 0 Å². The van der Waals surface area contributed by atoms with Crippen LogP contribution in [0.4, 0.5) is 5.82 Å². The minimum atomic E-state index is 0.780. The molecule has 0 saturated carbocycles. The Morgan fingerprint density at radius 2 is 2.10 bits per heavy atom. The van der Waals surface area contributed by atoms with Crippen molar-refractivity contribution in [2.24, 2.45) is 0 Å². The van der Waals surface area contributed by atoms with Gasteiger partial charge in [0.25, 0.3) is 0 Å². The first-order valence-electron chi connectivity index (χ1n) is 7.08. The molecule has 0 aliphatic rings. The Morgan fingerprint density at radius 1 is 1.35 bits per heavy atom. The molecule has 3 heteroatoms. The van der Waals surface area contributed by atoms with Crippen LogP contribution in [0.5, 0.6) is 0 Å². The highest BCUT2D eigenvalue weighted by molar-refractivity contribution is 5.92. The van der Waals surface area contributed by atoms with E-state index in [0.29, 0.717) is 0 Å². The van der Waals surface area contributed by atoms with Crippen molar-refractivity contribution in [1.82, 2.24) is 10.3 Å². The van der Waals surface area contributed by atoms with Gasteiger partial charge >= 0.3 is 0 Å². The van der Waals surface area contributed by atoms with E-state index < -0.39 is 0 Å². The molecule has 0 unspecified atom stereocenters. The lowest BCUT2D eigenvalue weighted by Crippen LogP contribution is -2.26. The molecule has 1 aromatic carbocycles. The summed E-state index contributed by atoms with van der Waals surface area (Å²) in [5, 5.41) is 5.62. The molecule has 0 aliphatic carbocycles. The highest BCUT2D eigenvalue weighted by atomic mass is 15.2. The summed E-state index contributed by atoms with van der Waals surface area (Å²) in [5.74, 6) is 1.05. The van der Waals surface area contributed by atoms with Crippen LogP contribution in [0, 0.1) is 0 Å². The van der Waals surface area contributed by atoms with Crippen LogP contribution in [0.15, 0.2) is 42.5 Å². The van der Waals surface area contributed by atoms with E-state index in [-0.39, 0.29) is 0 Å². The number of hydrogen-bond donors (Lipinski definition) is 1. The Hall–Kier alpha value is -1.87. The van der Waals surface area contributed by atoms with Gasteiger partial charge in [0.1, 0.15) is 5.82 Å². The summed E-state index contributed by atoms with van der Waals surface area (Å²) in [6, 6.07) is 10.6. The molecule has 0 fully saturated rings. The lowest BCUT2D eigenvalue weighted by atomic mass is 10.1. The SMILES string of the molecule is C=C(C)CN(CC)c1nc(CNC)cc2ccccc12. The molecular formula is C17H23N3. The van der Waals surface area contributed by atoms with Crippen LogP contribution in [0.25, 0.3) is 10.8 Å². The maximum Gasteiger partial charge on any atom is 0.137 e. The molecular weight excluding hydrogens is 246 g/mol. The monoisotopic (exact) mass is 269 g/mol. The Labute approximate surface area is 121 Å². The van der Waals surface area contributed by atoms with Crippen LogP contribution in [0.2, 0.25) is 0 Å². The second-order valence-corrected chi connectivity index (χ2v) is 5.16. The van der Waals surface area contributed by atoms with E-state index in [9.17, 15) is 0 Å². The van der Waals surface area contributed by atoms with Crippen LogP contribution in [0.3, 0.4) is 0 Å². The van der Waals surface area contributed by atoms with E-state index in [1.807, 2.05) is 7.05 Å². The summed E-state index contributed by atoms with van der Waals surface area (Å²) in [6.45, 7) is 10.8. The van der Waals surface area contributed by atoms with E-state index in [1.165, 1.54) is 10.8 Å². The summed E-state index contributed by atoms with van der Waals surface area (Å²) in [7, 11) is 1.95. The van der Waals surface area contributed by atoms with Crippen molar-refractivity contribution in [3.05, 3.63) is 48.2 Å². The number of likely N-dealkylation sites (N-methyl/N-ethyl adjacent to an activating group) is 1. The standard InChI is InChI=1S/C17H23N3/c1-5-20(12-13(2)3)17-16-9-7-6-8-14(16)10-15(19-17)11-18-4/h6-10,18H,2,5,11-12H2,1,3-4H3. The van der Waals surface area contributed by atoms with Gasteiger partial charge in [0, 0.05) is 25.0 Å². The molecule has 0 saturated heterocycles. The number of aromatic nitrogens is 1. The van der Waals surface area contributed by atoms with Crippen LogP contribution in [-0.2, 0) is 6.54 Å². The molecule has 3 nitrogen and oxygen atoms in total. The normalized spacial score (nSPS) is 10.8. The second kappa shape index (κ2) is 6.53. The minimum absolute atomic E-state index is 0.780. The number of nitrogens with one attached hydrogen (secondary N) is 1. The third-order valence-electron chi connectivity index (χ3n) is 3.27. The van der Waals surface area contributed by atoms with Crippen LogP contribution >= 0.6 is 0 Å². The summed E-state index contributed by atoms with van der Waals surface area (Å²) < 4.78 is 0. The molecule has 0 bridgehead atoms. The number of benzene rings is 1. The largest absolute Gasteiger partial charge is 0.352 e. The molecule has 20 heavy (non-hydrogen) atoms. The average molecular weight is 269 g/mol. The first-order chi connectivity index (χ1) is 9.65. The van der Waals surface area contributed by atoms with Gasteiger partial charge in [-0.1, -0.05) is 36.4 Å². The van der Waals surface area contributed by atoms with Crippen molar-refractivity contribution in [2.75, 3.05) is 25.0 Å². The molecule has 0 amide bonds. The maximum atomic E-state index is 4.84. The fourth-order valence-corrected chi connectivity index (χ4v) is 2.41. The second-order valence-electron chi connectivity index (χ2n) is 5.16. The topological polar surface area (TPSA) is 28.2 Å². The van der Waals surface area contributed by atoms with Gasteiger partial charge in [0.15, 0.2) is 0 Å². The van der Waals surface area contributed by atoms with Gasteiger partial charge in [-0.25, -0.2) is 4.98 Å². The summed E-state index contributed by atoms with van der Waals surface area (Å²) in [4.78, 5) is 7.12. The van der Waals surface area contributed by atoms with Crippen molar-refractivity contribution >= 4 is 16.6 Å². The molecule has 0 radical (unpaired) electrons. The Balaban J connectivity index is 2.55. The number of anilines is 1. The minimum Gasteiger partial charge on any atom is -0.352 e. The number of nitrogens with zero attached hydrogens (tertiary/aromatic N) is 2. The van der Waals surface area contributed by atoms with Crippen molar-refractivity contribution in [1.29, 1.82) is 0 Å². The van der Waals surface area contributed by atoms with E-state index >= 15 is 0 Å². The van der Waals surface area contributed by atoms with Crippen molar-refractivity contribution < 1.29 is 0 Å². The number of pyridine rings is 1. The third-order valence-corrected chi connectivity index (χ3v) is 3.27. The van der Waals surface area contributed by atoms with Gasteiger partial charge in [-0.05, 0) is 32.3 Å². The molecule has 1 heterocycles. The number of rotatable bonds is 6. The summed E-state index contributed by atoms with van der Waals surface area (Å²) in [6.07, 6.45) is 0. The highest BCUT2D eigenvalue weighted by Gasteiger charge is 2.12. The van der Waals surface area contributed by atoms with E-state index in [0.717, 1.165) is 36.7 Å².